The lowest BCUT2D eigenvalue weighted by Crippen LogP contribution is -2.43. The number of aliphatic imine (C=N–C) groups is 1. The van der Waals surface area contributed by atoms with Crippen LogP contribution < -0.4 is 10.6 Å². The molecule has 0 atom stereocenters. The second-order valence-electron chi connectivity index (χ2n) is 7.05. The maximum Gasteiger partial charge on any atom is 0.434 e. The molecular weight excluding hydrogens is 373 g/mol. The molecule has 148 valence electrons. The van der Waals surface area contributed by atoms with Gasteiger partial charge in [0.15, 0.2) is 11.7 Å². The van der Waals surface area contributed by atoms with Gasteiger partial charge in [-0.25, -0.2) is 4.98 Å². The van der Waals surface area contributed by atoms with Crippen LogP contribution in [0.1, 0.15) is 30.1 Å². The smallest absolute Gasteiger partial charge is 0.356 e. The number of nitrogens with zero attached hydrogens (tertiary/aromatic N) is 2. The molecule has 0 radical (unpaired) electrons. The molecule has 0 saturated carbocycles. The Hall–Kier alpha value is -2.09. The molecule has 0 spiro atoms. The second kappa shape index (κ2) is 9.21. The van der Waals surface area contributed by atoms with Crippen molar-refractivity contribution in [2.24, 2.45) is 10.4 Å². The summed E-state index contributed by atoms with van der Waals surface area (Å²) in [6.45, 7) is 5.53. The average Bonchev–Trinajstić information content (AvgIpc) is 3.07. The number of hydrogen-bond acceptors (Lipinski definition) is 3. The molecule has 0 fully saturated rings. The van der Waals surface area contributed by atoms with Crippen molar-refractivity contribution < 1.29 is 13.2 Å². The van der Waals surface area contributed by atoms with Crippen LogP contribution in [0.3, 0.4) is 0 Å². The Kier molecular flexibility index (Phi) is 7.24. The summed E-state index contributed by atoms with van der Waals surface area (Å²) in [7, 11) is 1.67. The summed E-state index contributed by atoms with van der Waals surface area (Å²) in [6, 6.07) is 10.3. The highest BCUT2D eigenvalue weighted by Crippen LogP contribution is 2.30. The quantitative estimate of drug-likeness (QED) is 0.544. The van der Waals surface area contributed by atoms with Crippen molar-refractivity contribution in [1.82, 2.24) is 15.6 Å². The van der Waals surface area contributed by atoms with E-state index in [1.165, 1.54) is 5.56 Å². The van der Waals surface area contributed by atoms with Crippen LogP contribution in [0.25, 0.3) is 0 Å². The monoisotopic (exact) mass is 398 g/mol. The first-order valence-corrected chi connectivity index (χ1v) is 9.58. The van der Waals surface area contributed by atoms with E-state index >= 15 is 0 Å². The molecule has 0 aliphatic heterocycles. The minimum absolute atomic E-state index is 0.0237. The molecule has 2 aromatic rings. The lowest BCUT2D eigenvalue weighted by atomic mass is 9.86. The number of thiazole rings is 1. The van der Waals surface area contributed by atoms with Crippen molar-refractivity contribution in [3.8, 4) is 0 Å². The second-order valence-corrected chi connectivity index (χ2v) is 8.00. The summed E-state index contributed by atoms with van der Waals surface area (Å²) in [5.74, 6) is 0.628. The lowest BCUT2D eigenvalue weighted by Gasteiger charge is -2.26. The molecule has 2 N–H and O–H groups in total. The highest BCUT2D eigenvalue weighted by molar-refractivity contribution is 7.09. The van der Waals surface area contributed by atoms with Gasteiger partial charge in [-0.2, -0.15) is 13.2 Å². The number of halogens is 3. The van der Waals surface area contributed by atoms with Crippen LogP contribution in [-0.2, 0) is 19.0 Å². The molecule has 0 aliphatic carbocycles. The molecule has 0 aliphatic rings. The van der Waals surface area contributed by atoms with E-state index in [0.29, 0.717) is 23.9 Å². The van der Waals surface area contributed by atoms with Gasteiger partial charge in [0.2, 0.25) is 0 Å². The molecule has 4 nitrogen and oxygen atoms in total. The third-order valence-corrected chi connectivity index (χ3v) is 4.87. The standard InChI is InChI=1S/C19H25F3N4S/c1-18(2,11-14-7-5-4-6-8-14)13-25-17(23-3)24-10-9-16-26-15(12-27-16)19(20,21)22/h4-8,12H,9-11,13H2,1-3H3,(H2,23,24,25). The van der Waals surface area contributed by atoms with Crippen molar-refractivity contribution in [2.45, 2.75) is 32.9 Å². The van der Waals surface area contributed by atoms with Gasteiger partial charge in [0.25, 0.3) is 0 Å². The van der Waals surface area contributed by atoms with Gasteiger partial charge in [-0.1, -0.05) is 44.2 Å². The third kappa shape index (κ3) is 7.21. The Morgan fingerprint density at radius 2 is 1.85 bits per heavy atom. The molecule has 1 heterocycles. The predicted octanol–water partition coefficient (Wildman–Crippen LogP) is 4.14. The van der Waals surface area contributed by atoms with E-state index in [2.05, 4.69) is 46.6 Å². The summed E-state index contributed by atoms with van der Waals surface area (Å²) in [5.41, 5.74) is 0.472. The number of nitrogens with one attached hydrogen (secondary N) is 2. The van der Waals surface area contributed by atoms with Gasteiger partial charge in [0.1, 0.15) is 0 Å². The Labute approximate surface area is 161 Å². The van der Waals surface area contributed by atoms with Gasteiger partial charge in [0.05, 0.1) is 5.01 Å². The third-order valence-electron chi connectivity index (χ3n) is 3.96. The Bertz CT molecular complexity index is 739. The first-order valence-electron chi connectivity index (χ1n) is 8.70. The van der Waals surface area contributed by atoms with Gasteiger partial charge in [-0.15, -0.1) is 11.3 Å². The predicted molar refractivity (Wildman–Crippen MR) is 104 cm³/mol. The van der Waals surface area contributed by atoms with E-state index in [9.17, 15) is 13.2 Å². The summed E-state index contributed by atoms with van der Waals surface area (Å²) in [5, 5.41) is 7.92. The van der Waals surface area contributed by atoms with E-state index in [1.807, 2.05) is 18.2 Å². The van der Waals surface area contributed by atoms with E-state index in [0.717, 1.165) is 29.7 Å². The Morgan fingerprint density at radius 1 is 1.15 bits per heavy atom. The number of rotatable bonds is 7. The average molecular weight is 398 g/mol. The molecule has 0 bridgehead atoms. The Morgan fingerprint density at radius 3 is 2.44 bits per heavy atom. The van der Waals surface area contributed by atoms with Crippen molar-refractivity contribution >= 4 is 17.3 Å². The highest BCUT2D eigenvalue weighted by Gasteiger charge is 2.33. The van der Waals surface area contributed by atoms with Crippen LogP contribution in [0, 0.1) is 5.41 Å². The van der Waals surface area contributed by atoms with Crippen LogP contribution in [-0.4, -0.2) is 31.1 Å². The fourth-order valence-electron chi connectivity index (χ4n) is 2.60. The summed E-state index contributed by atoms with van der Waals surface area (Å²) in [6.07, 6.45) is -3.05. The highest BCUT2D eigenvalue weighted by atomic mass is 32.1. The van der Waals surface area contributed by atoms with E-state index in [-0.39, 0.29) is 5.41 Å². The maximum absolute atomic E-state index is 12.6. The molecular formula is C19H25F3N4S. The van der Waals surface area contributed by atoms with Crippen LogP contribution in [0.5, 0.6) is 0 Å². The van der Waals surface area contributed by atoms with Crippen molar-refractivity contribution in [2.75, 3.05) is 20.1 Å². The fraction of sp³-hybridized carbons (Fsp3) is 0.474. The van der Waals surface area contributed by atoms with Crippen LogP contribution >= 0.6 is 11.3 Å². The minimum Gasteiger partial charge on any atom is -0.356 e. The zero-order chi connectivity index (χ0) is 19.9. The molecule has 0 unspecified atom stereocenters. The topological polar surface area (TPSA) is 49.3 Å². The lowest BCUT2D eigenvalue weighted by molar-refractivity contribution is -0.140. The van der Waals surface area contributed by atoms with Crippen LogP contribution in [0.4, 0.5) is 13.2 Å². The van der Waals surface area contributed by atoms with Gasteiger partial charge in [-0.05, 0) is 17.4 Å². The molecule has 0 amide bonds. The van der Waals surface area contributed by atoms with Gasteiger partial charge in [0, 0.05) is 31.9 Å². The Balaban J connectivity index is 1.78. The molecule has 1 aromatic carbocycles. The van der Waals surface area contributed by atoms with E-state index < -0.39 is 11.9 Å². The summed E-state index contributed by atoms with van der Waals surface area (Å²) < 4.78 is 37.7. The zero-order valence-corrected chi connectivity index (χ0v) is 16.5. The molecule has 1 aromatic heterocycles. The summed E-state index contributed by atoms with van der Waals surface area (Å²) in [4.78, 5) is 7.80. The van der Waals surface area contributed by atoms with Gasteiger partial charge in [-0.3, -0.25) is 4.99 Å². The largest absolute Gasteiger partial charge is 0.434 e. The number of benzene rings is 1. The van der Waals surface area contributed by atoms with E-state index in [1.54, 1.807) is 7.05 Å². The molecule has 0 saturated heterocycles. The zero-order valence-electron chi connectivity index (χ0n) is 15.7. The number of aromatic nitrogens is 1. The van der Waals surface area contributed by atoms with Gasteiger partial charge >= 0.3 is 6.18 Å². The fourth-order valence-corrected chi connectivity index (χ4v) is 3.40. The van der Waals surface area contributed by atoms with Crippen molar-refractivity contribution in [3.63, 3.8) is 0 Å². The van der Waals surface area contributed by atoms with E-state index in [4.69, 9.17) is 0 Å². The number of alkyl halides is 3. The normalized spacial score (nSPS) is 12.9. The molecule has 2 rings (SSSR count). The first-order chi connectivity index (χ1) is 12.7. The van der Waals surface area contributed by atoms with Gasteiger partial charge < -0.3 is 10.6 Å². The number of guanidine groups is 1. The SMILES string of the molecule is CN=C(NCCc1nc(C(F)(F)F)cs1)NCC(C)(C)Cc1ccccc1. The first kappa shape index (κ1) is 21.2. The molecule has 27 heavy (non-hydrogen) atoms. The van der Waals surface area contributed by atoms with Crippen LogP contribution in [0.15, 0.2) is 40.7 Å². The minimum atomic E-state index is -4.38. The van der Waals surface area contributed by atoms with Crippen molar-refractivity contribution in [1.29, 1.82) is 0 Å². The summed E-state index contributed by atoms with van der Waals surface area (Å²) >= 11 is 1.02. The number of hydrogen-bond donors (Lipinski definition) is 2. The molecule has 8 heteroatoms. The van der Waals surface area contributed by atoms with Crippen molar-refractivity contribution in [3.05, 3.63) is 52.0 Å². The van der Waals surface area contributed by atoms with Crippen LogP contribution in [0.2, 0.25) is 0 Å². The maximum atomic E-state index is 12.6.